The van der Waals surface area contributed by atoms with Gasteiger partial charge in [-0.1, -0.05) is 29.5 Å². The van der Waals surface area contributed by atoms with E-state index in [1.54, 1.807) is 13.8 Å². The Kier molecular flexibility index (Phi) is 4.82. The predicted octanol–water partition coefficient (Wildman–Crippen LogP) is 3.88. The normalized spacial score (nSPS) is 17.9. The number of aromatic nitrogens is 4. The number of aryl methyl sites for hydroxylation is 3. The zero-order valence-corrected chi connectivity index (χ0v) is 18.7. The summed E-state index contributed by atoms with van der Waals surface area (Å²) < 4.78 is 15.4. The van der Waals surface area contributed by atoms with Gasteiger partial charge in [0.1, 0.15) is 22.2 Å². The number of aliphatic hydroxyl groups is 1. The van der Waals surface area contributed by atoms with E-state index in [0.29, 0.717) is 21.9 Å². The largest absolute Gasteiger partial charge is 0.505 e. The van der Waals surface area contributed by atoms with E-state index in [2.05, 4.69) is 15.2 Å². The van der Waals surface area contributed by atoms with Crippen LogP contribution in [0.2, 0.25) is 0 Å². The molecule has 166 valence electrons. The molecule has 4 aromatic rings. The monoisotopic (exact) mass is 463 g/mol. The Bertz CT molecular complexity index is 1470. The van der Waals surface area contributed by atoms with E-state index in [4.69, 9.17) is 0 Å². The van der Waals surface area contributed by atoms with Crippen molar-refractivity contribution < 1.29 is 19.1 Å². The van der Waals surface area contributed by atoms with Gasteiger partial charge in [-0.2, -0.15) is 0 Å². The molecule has 1 unspecified atom stereocenters. The second-order valence-electron chi connectivity index (χ2n) is 7.75. The number of amides is 1. The number of Topliss-reactive ketones (excluding diaryl/α,β-unsaturated/α-hetero) is 1. The minimum absolute atomic E-state index is 0.136. The van der Waals surface area contributed by atoms with Crippen LogP contribution in [-0.4, -0.2) is 36.4 Å². The Labute approximate surface area is 191 Å². The van der Waals surface area contributed by atoms with Crippen molar-refractivity contribution in [2.24, 2.45) is 0 Å². The number of ketones is 1. The minimum Gasteiger partial charge on any atom is -0.505 e. The molecule has 10 heteroatoms. The van der Waals surface area contributed by atoms with E-state index in [1.807, 2.05) is 29.7 Å². The van der Waals surface area contributed by atoms with E-state index in [1.165, 1.54) is 29.2 Å². The van der Waals surface area contributed by atoms with Crippen molar-refractivity contribution in [3.05, 3.63) is 81.5 Å². The number of nitrogens with zero attached hydrogens (tertiary/aromatic N) is 5. The van der Waals surface area contributed by atoms with E-state index < -0.39 is 29.3 Å². The van der Waals surface area contributed by atoms with Gasteiger partial charge in [0, 0.05) is 6.20 Å². The van der Waals surface area contributed by atoms with Crippen molar-refractivity contribution in [3.63, 3.8) is 0 Å². The Morgan fingerprint density at radius 3 is 2.45 bits per heavy atom. The maximum absolute atomic E-state index is 13.6. The fourth-order valence-electron chi connectivity index (χ4n) is 4.05. The van der Waals surface area contributed by atoms with Gasteiger partial charge in [0.15, 0.2) is 5.76 Å². The van der Waals surface area contributed by atoms with Crippen LogP contribution in [-0.2, 0) is 9.59 Å². The zero-order valence-electron chi connectivity index (χ0n) is 17.9. The molecule has 1 aliphatic heterocycles. The van der Waals surface area contributed by atoms with Gasteiger partial charge in [-0.05, 0) is 50.1 Å². The fraction of sp³-hybridized carbons (Fsp3) is 0.174. The third-order valence-corrected chi connectivity index (χ3v) is 6.50. The lowest BCUT2D eigenvalue weighted by molar-refractivity contribution is -0.132. The molecule has 0 aliphatic carbocycles. The number of rotatable bonds is 3. The molecular weight excluding hydrogens is 445 g/mol. The summed E-state index contributed by atoms with van der Waals surface area (Å²) in [5.74, 6) is -2.58. The van der Waals surface area contributed by atoms with Crippen molar-refractivity contribution in [3.8, 4) is 0 Å². The number of fused-ring (bicyclic) bond motifs is 1. The van der Waals surface area contributed by atoms with Crippen LogP contribution in [0, 0.1) is 26.6 Å². The number of imidazole rings is 1. The molecule has 8 nitrogen and oxygen atoms in total. The predicted molar refractivity (Wildman–Crippen MR) is 120 cm³/mol. The first-order valence-electron chi connectivity index (χ1n) is 10.1. The number of carbonyl (C=O) groups is 2. The number of halogens is 1. The van der Waals surface area contributed by atoms with Crippen LogP contribution in [0.4, 0.5) is 9.52 Å². The molecule has 1 saturated heterocycles. The molecule has 4 heterocycles. The van der Waals surface area contributed by atoms with Crippen LogP contribution < -0.4 is 4.90 Å². The third-order valence-electron chi connectivity index (χ3n) is 5.66. The molecule has 1 amide bonds. The molecule has 0 radical (unpaired) electrons. The Morgan fingerprint density at radius 2 is 1.82 bits per heavy atom. The molecule has 3 aromatic heterocycles. The second-order valence-corrected chi connectivity index (χ2v) is 8.92. The standard InChI is InChI=1S/C23H18FN5O3S/c1-11-5-4-10-28-12(2)17(25-21(11)28)19(30)16-18(14-6-8-15(24)9-7-14)29(22(32)20(16)31)23-27-26-13(3)33-23/h4-10,18,30H,1-3H3/b19-16+. The first-order chi connectivity index (χ1) is 15.8. The van der Waals surface area contributed by atoms with Gasteiger partial charge in [0.05, 0.1) is 17.3 Å². The van der Waals surface area contributed by atoms with Gasteiger partial charge < -0.3 is 9.51 Å². The van der Waals surface area contributed by atoms with Gasteiger partial charge in [-0.25, -0.2) is 9.37 Å². The van der Waals surface area contributed by atoms with Gasteiger partial charge in [0.25, 0.3) is 5.78 Å². The molecule has 0 spiro atoms. The lowest BCUT2D eigenvalue weighted by Crippen LogP contribution is -2.29. The van der Waals surface area contributed by atoms with Crippen LogP contribution in [0.25, 0.3) is 11.4 Å². The van der Waals surface area contributed by atoms with E-state index in [9.17, 15) is 19.1 Å². The van der Waals surface area contributed by atoms with E-state index in [-0.39, 0.29) is 16.4 Å². The number of hydrogen-bond acceptors (Lipinski definition) is 7. The van der Waals surface area contributed by atoms with Crippen molar-refractivity contribution in [1.29, 1.82) is 0 Å². The van der Waals surface area contributed by atoms with Gasteiger partial charge >= 0.3 is 5.91 Å². The lowest BCUT2D eigenvalue weighted by Gasteiger charge is -2.22. The summed E-state index contributed by atoms with van der Waals surface area (Å²) in [4.78, 5) is 32.0. The van der Waals surface area contributed by atoms with Crippen LogP contribution in [0.15, 0.2) is 48.2 Å². The molecule has 1 aromatic carbocycles. The fourth-order valence-corrected chi connectivity index (χ4v) is 4.76. The molecule has 5 rings (SSSR count). The summed E-state index contributed by atoms with van der Waals surface area (Å²) >= 11 is 1.14. The lowest BCUT2D eigenvalue weighted by atomic mass is 9.96. The van der Waals surface area contributed by atoms with Gasteiger partial charge in [-0.15, -0.1) is 10.2 Å². The molecule has 1 atom stereocenters. The van der Waals surface area contributed by atoms with Crippen molar-refractivity contribution >= 4 is 39.6 Å². The number of aliphatic hydroxyl groups excluding tert-OH is 1. The first kappa shape index (κ1) is 21.0. The SMILES string of the molecule is Cc1nnc(N2C(=O)C(=O)/C(=C(/O)c3nc4c(C)cccn4c3C)C2c2ccc(F)cc2)s1. The highest BCUT2D eigenvalue weighted by atomic mass is 32.1. The van der Waals surface area contributed by atoms with Crippen LogP contribution in [0.5, 0.6) is 0 Å². The summed E-state index contributed by atoms with van der Waals surface area (Å²) in [7, 11) is 0. The second kappa shape index (κ2) is 7.59. The molecule has 1 aliphatic rings. The van der Waals surface area contributed by atoms with Gasteiger partial charge in [0.2, 0.25) is 5.13 Å². The topological polar surface area (TPSA) is 101 Å². The highest BCUT2D eigenvalue weighted by Gasteiger charge is 2.48. The molecular formula is C23H18FN5O3S. The van der Waals surface area contributed by atoms with E-state index in [0.717, 1.165) is 16.9 Å². The first-order valence-corrected chi connectivity index (χ1v) is 10.9. The van der Waals surface area contributed by atoms with Crippen molar-refractivity contribution in [2.75, 3.05) is 4.90 Å². The maximum atomic E-state index is 13.6. The Balaban J connectivity index is 1.77. The third kappa shape index (κ3) is 3.21. The smallest absolute Gasteiger partial charge is 0.301 e. The van der Waals surface area contributed by atoms with Crippen molar-refractivity contribution in [1.82, 2.24) is 19.6 Å². The minimum atomic E-state index is -1.01. The quantitative estimate of drug-likeness (QED) is 0.281. The molecule has 1 fully saturated rings. The molecule has 33 heavy (non-hydrogen) atoms. The average molecular weight is 463 g/mol. The van der Waals surface area contributed by atoms with E-state index >= 15 is 0 Å². The van der Waals surface area contributed by atoms with Gasteiger partial charge in [-0.3, -0.25) is 14.5 Å². The molecule has 0 saturated carbocycles. The number of pyridine rings is 1. The molecule has 0 bridgehead atoms. The Morgan fingerprint density at radius 1 is 1.09 bits per heavy atom. The number of benzene rings is 1. The number of hydrogen-bond donors (Lipinski definition) is 1. The zero-order chi connectivity index (χ0) is 23.4. The summed E-state index contributed by atoms with van der Waals surface area (Å²) in [6.07, 6.45) is 1.81. The van der Waals surface area contributed by atoms with Crippen molar-refractivity contribution in [2.45, 2.75) is 26.8 Å². The summed E-state index contributed by atoms with van der Waals surface area (Å²) in [6, 6.07) is 8.15. The number of carbonyl (C=O) groups excluding carboxylic acids is 2. The highest BCUT2D eigenvalue weighted by Crippen LogP contribution is 2.43. The summed E-state index contributed by atoms with van der Waals surface area (Å²) in [5.41, 5.74) is 2.64. The Hall–Kier alpha value is -3.92. The van der Waals surface area contributed by atoms with Crippen LogP contribution in [0.3, 0.4) is 0 Å². The average Bonchev–Trinajstić information content (AvgIpc) is 3.44. The van der Waals surface area contributed by atoms with Crippen LogP contribution in [0.1, 0.15) is 33.6 Å². The van der Waals surface area contributed by atoms with Crippen LogP contribution >= 0.6 is 11.3 Å². The maximum Gasteiger partial charge on any atom is 0.301 e. The number of anilines is 1. The molecule has 1 N–H and O–H groups in total. The highest BCUT2D eigenvalue weighted by molar-refractivity contribution is 7.15. The summed E-state index contributed by atoms with van der Waals surface area (Å²) in [6.45, 7) is 5.39. The summed E-state index contributed by atoms with van der Waals surface area (Å²) in [5, 5.41) is 20.1.